The van der Waals surface area contributed by atoms with Crippen LogP contribution in [0, 0.1) is 0 Å². The average Bonchev–Trinajstić information content (AvgIpc) is 3.48. The summed E-state index contributed by atoms with van der Waals surface area (Å²) in [5.41, 5.74) is 0.225. The topological polar surface area (TPSA) is 95.4 Å². The summed E-state index contributed by atoms with van der Waals surface area (Å²) in [6.07, 6.45) is 4.17. The Morgan fingerprint density at radius 3 is 2.65 bits per heavy atom. The van der Waals surface area contributed by atoms with Crippen molar-refractivity contribution >= 4 is 29.0 Å². The number of pyridine rings is 1. The molecule has 10 heteroatoms. The van der Waals surface area contributed by atoms with Gasteiger partial charge in [-0.25, -0.2) is 23.5 Å². The maximum Gasteiger partial charge on any atom is 0.365 e. The van der Waals surface area contributed by atoms with E-state index in [2.05, 4.69) is 15.3 Å². The predicted octanol–water partition coefficient (Wildman–Crippen LogP) is 4.89. The number of anilines is 1. The van der Waals surface area contributed by atoms with E-state index in [0.717, 1.165) is 37.0 Å². The van der Waals surface area contributed by atoms with Crippen LogP contribution >= 0.6 is 11.3 Å². The molecule has 2 atom stereocenters. The Kier molecular flexibility index (Phi) is 6.17. The number of hydrogen-bond acceptors (Lipinski definition) is 6. The molecule has 2 N–H and O–H groups in total. The molecule has 2 aromatic rings. The van der Waals surface area contributed by atoms with Gasteiger partial charge in [-0.2, -0.15) is 0 Å². The Labute approximate surface area is 182 Å². The van der Waals surface area contributed by atoms with Gasteiger partial charge in [-0.05, 0) is 38.7 Å². The van der Waals surface area contributed by atoms with Crippen LogP contribution in [-0.2, 0) is 0 Å². The minimum atomic E-state index is -2.70. The zero-order valence-corrected chi connectivity index (χ0v) is 17.9. The maximum atomic E-state index is 14.0. The second-order valence-corrected chi connectivity index (χ2v) is 8.98. The highest BCUT2D eigenvalue weighted by molar-refractivity contribution is 7.11. The Morgan fingerprint density at radius 1 is 1.26 bits per heavy atom. The first-order valence-electron chi connectivity index (χ1n) is 10.4. The molecule has 1 saturated carbocycles. The van der Waals surface area contributed by atoms with E-state index in [4.69, 9.17) is 5.11 Å². The molecule has 3 heterocycles. The minimum Gasteiger partial charge on any atom is -0.476 e. The number of carbonyl (C=O) groups excluding carboxylic acids is 1. The van der Waals surface area contributed by atoms with Crippen molar-refractivity contribution in [3.05, 3.63) is 39.5 Å². The van der Waals surface area contributed by atoms with Crippen molar-refractivity contribution < 1.29 is 23.5 Å². The maximum absolute atomic E-state index is 14.0. The largest absolute Gasteiger partial charge is 0.476 e. The van der Waals surface area contributed by atoms with Crippen molar-refractivity contribution in [3.8, 4) is 0 Å². The van der Waals surface area contributed by atoms with Crippen molar-refractivity contribution in [2.45, 2.75) is 70.0 Å². The van der Waals surface area contributed by atoms with Crippen LogP contribution in [-0.4, -0.2) is 43.9 Å². The molecule has 31 heavy (non-hydrogen) atoms. The standard InChI is InChI=1S/C21H24F2N4O3S/c1-11-6-7-16(27(11)20(28)15-10-31-19(26-15)21(29)30)14-9-24-17(8-13(14)18(22)23)25-12-4-2-3-5-12/h8-12,16,18H,2-7H2,1H3,(H,24,25)(H,29,30). The Hall–Kier alpha value is -2.62. The molecular formula is C21H24F2N4O3S. The van der Waals surface area contributed by atoms with E-state index < -0.39 is 24.3 Å². The van der Waals surface area contributed by atoms with Gasteiger partial charge >= 0.3 is 5.97 Å². The molecule has 1 aliphatic heterocycles. The highest BCUT2D eigenvalue weighted by atomic mass is 32.1. The van der Waals surface area contributed by atoms with E-state index in [1.165, 1.54) is 22.5 Å². The van der Waals surface area contributed by atoms with Crippen LogP contribution in [0.15, 0.2) is 17.6 Å². The first-order valence-corrected chi connectivity index (χ1v) is 11.3. The fraction of sp³-hybridized carbons (Fsp3) is 0.524. The number of likely N-dealkylation sites (tertiary alicyclic amines) is 1. The molecule has 2 unspecified atom stereocenters. The number of carbonyl (C=O) groups is 2. The molecule has 1 saturated heterocycles. The molecule has 0 aromatic carbocycles. The van der Waals surface area contributed by atoms with Gasteiger partial charge in [-0.3, -0.25) is 4.79 Å². The second kappa shape index (κ2) is 8.86. The summed E-state index contributed by atoms with van der Waals surface area (Å²) >= 11 is 0.869. The molecule has 166 valence electrons. The van der Waals surface area contributed by atoms with Crippen LogP contribution in [0.3, 0.4) is 0 Å². The number of halogens is 2. The average molecular weight is 451 g/mol. The van der Waals surface area contributed by atoms with Gasteiger partial charge in [0, 0.05) is 34.8 Å². The summed E-state index contributed by atoms with van der Waals surface area (Å²) in [4.78, 5) is 34.0. The first kappa shape index (κ1) is 21.6. The van der Waals surface area contributed by atoms with Crippen LogP contribution in [0.4, 0.5) is 14.6 Å². The van der Waals surface area contributed by atoms with Gasteiger partial charge in [0.25, 0.3) is 12.3 Å². The van der Waals surface area contributed by atoms with E-state index in [0.29, 0.717) is 24.2 Å². The Bertz CT molecular complexity index is 977. The zero-order chi connectivity index (χ0) is 22.1. The van der Waals surface area contributed by atoms with Crippen LogP contribution in [0.5, 0.6) is 0 Å². The van der Waals surface area contributed by atoms with Crippen molar-refractivity contribution in [3.63, 3.8) is 0 Å². The summed E-state index contributed by atoms with van der Waals surface area (Å²) in [6, 6.07) is 0.903. The third-order valence-corrected chi connectivity index (χ3v) is 6.91. The second-order valence-electron chi connectivity index (χ2n) is 8.12. The highest BCUT2D eigenvalue weighted by Crippen LogP contribution is 2.41. The number of thiazole rings is 1. The molecule has 1 amide bonds. The van der Waals surface area contributed by atoms with Crippen molar-refractivity contribution in [2.75, 3.05) is 5.32 Å². The lowest BCUT2D eigenvalue weighted by Gasteiger charge is -2.29. The van der Waals surface area contributed by atoms with Crippen LogP contribution in [0.2, 0.25) is 0 Å². The molecule has 0 bridgehead atoms. The predicted molar refractivity (Wildman–Crippen MR) is 112 cm³/mol. The molecule has 2 aliphatic rings. The van der Waals surface area contributed by atoms with E-state index in [9.17, 15) is 18.4 Å². The third-order valence-electron chi connectivity index (χ3n) is 6.08. The summed E-state index contributed by atoms with van der Waals surface area (Å²) in [7, 11) is 0. The number of amides is 1. The molecule has 1 aliphatic carbocycles. The summed E-state index contributed by atoms with van der Waals surface area (Å²) in [5, 5.41) is 13.5. The third kappa shape index (κ3) is 4.39. The van der Waals surface area contributed by atoms with E-state index in [1.807, 2.05) is 6.92 Å². The number of nitrogens with zero attached hydrogens (tertiary/aromatic N) is 3. The lowest BCUT2D eigenvalue weighted by molar-refractivity contribution is 0.0666. The van der Waals surface area contributed by atoms with Gasteiger partial charge < -0.3 is 15.3 Å². The molecule has 0 radical (unpaired) electrons. The molecule has 7 nitrogen and oxygen atoms in total. The van der Waals surface area contributed by atoms with Crippen molar-refractivity contribution in [1.29, 1.82) is 0 Å². The van der Waals surface area contributed by atoms with Crippen molar-refractivity contribution in [2.24, 2.45) is 0 Å². The number of rotatable bonds is 6. The molecule has 2 fully saturated rings. The monoisotopic (exact) mass is 450 g/mol. The van der Waals surface area contributed by atoms with E-state index in [-0.39, 0.29) is 28.3 Å². The van der Waals surface area contributed by atoms with Gasteiger partial charge in [0.05, 0.1) is 6.04 Å². The van der Waals surface area contributed by atoms with Gasteiger partial charge in [0.2, 0.25) is 5.01 Å². The Balaban J connectivity index is 1.62. The number of alkyl halides is 2. The fourth-order valence-corrected chi connectivity index (χ4v) is 5.17. The van der Waals surface area contributed by atoms with Gasteiger partial charge in [0.1, 0.15) is 11.5 Å². The minimum absolute atomic E-state index is 0.0206. The molecular weight excluding hydrogens is 426 g/mol. The first-order chi connectivity index (χ1) is 14.8. The van der Waals surface area contributed by atoms with Crippen LogP contribution in [0.1, 0.15) is 89.3 Å². The van der Waals surface area contributed by atoms with Crippen molar-refractivity contribution in [1.82, 2.24) is 14.9 Å². The smallest absolute Gasteiger partial charge is 0.365 e. The van der Waals surface area contributed by atoms with Gasteiger partial charge in [-0.1, -0.05) is 12.8 Å². The molecule has 4 rings (SSSR count). The normalized spacial score (nSPS) is 21.7. The van der Waals surface area contributed by atoms with Crippen LogP contribution in [0.25, 0.3) is 0 Å². The number of nitrogens with one attached hydrogen (secondary N) is 1. The number of carboxylic acid groups (broad SMARTS) is 1. The fourth-order valence-electron chi connectivity index (χ4n) is 4.54. The lowest BCUT2D eigenvalue weighted by atomic mass is 10.0. The van der Waals surface area contributed by atoms with Gasteiger partial charge in [0.15, 0.2) is 0 Å². The number of aromatic nitrogens is 2. The highest BCUT2D eigenvalue weighted by Gasteiger charge is 2.39. The van der Waals surface area contributed by atoms with Crippen LogP contribution < -0.4 is 5.32 Å². The number of aromatic carboxylic acids is 1. The number of hydrogen-bond donors (Lipinski definition) is 2. The quantitative estimate of drug-likeness (QED) is 0.650. The van der Waals surface area contributed by atoms with E-state index in [1.54, 1.807) is 0 Å². The Morgan fingerprint density at radius 2 is 2.00 bits per heavy atom. The lowest BCUT2D eigenvalue weighted by Crippen LogP contribution is -2.36. The zero-order valence-electron chi connectivity index (χ0n) is 17.1. The SMILES string of the molecule is CC1CCC(c2cnc(NC3CCCC3)cc2C(F)F)N1C(=O)c1csc(C(=O)O)n1. The number of carboxylic acids is 1. The summed E-state index contributed by atoms with van der Waals surface area (Å²) < 4.78 is 28.0. The van der Waals surface area contributed by atoms with Gasteiger partial charge in [-0.15, -0.1) is 11.3 Å². The van der Waals surface area contributed by atoms with E-state index >= 15 is 0 Å². The molecule has 0 spiro atoms. The molecule has 2 aromatic heterocycles. The summed E-state index contributed by atoms with van der Waals surface area (Å²) in [5.74, 6) is -1.22. The summed E-state index contributed by atoms with van der Waals surface area (Å²) in [6.45, 7) is 1.86.